The highest BCUT2D eigenvalue weighted by Gasteiger charge is 2.23. The van der Waals surface area contributed by atoms with Crippen LogP contribution in [0.3, 0.4) is 0 Å². The highest BCUT2D eigenvalue weighted by molar-refractivity contribution is 5.97. The van der Waals surface area contributed by atoms with Crippen LogP contribution in [0.2, 0.25) is 0 Å². The van der Waals surface area contributed by atoms with Gasteiger partial charge in [0.2, 0.25) is 5.91 Å². The fraction of sp³-hybridized carbons (Fsp3) is 0.308. The van der Waals surface area contributed by atoms with E-state index in [9.17, 15) is 19.5 Å². The van der Waals surface area contributed by atoms with E-state index in [4.69, 9.17) is 4.74 Å². The summed E-state index contributed by atoms with van der Waals surface area (Å²) in [5.41, 5.74) is 4.88. The first kappa shape index (κ1) is 35.1. The number of phenolic OH excluding ortho intramolecular Hbond substituents is 1. The molecule has 5 rings (SSSR count). The first-order chi connectivity index (χ1) is 23.8. The van der Waals surface area contributed by atoms with E-state index in [1.165, 1.54) is 0 Å². The Morgan fingerprint density at radius 2 is 1.59 bits per heavy atom. The number of aromatic hydroxyl groups is 1. The van der Waals surface area contributed by atoms with E-state index >= 15 is 0 Å². The van der Waals surface area contributed by atoms with Crippen molar-refractivity contribution in [2.45, 2.75) is 31.8 Å². The highest BCUT2D eigenvalue weighted by atomic mass is 16.6. The Morgan fingerprint density at radius 1 is 0.857 bits per heavy atom. The fourth-order valence-corrected chi connectivity index (χ4v) is 5.79. The smallest absolute Gasteiger partial charge is 0.411 e. The van der Waals surface area contributed by atoms with Gasteiger partial charge in [0.05, 0.1) is 5.69 Å². The molecule has 10 heteroatoms. The Hall–Kier alpha value is -5.19. The predicted octanol–water partition coefficient (Wildman–Crippen LogP) is 6.01. The quantitative estimate of drug-likeness (QED) is 0.122. The van der Waals surface area contributed by atoms with Crippen molar-refractivity contribution in [3.05, 3.63) is 114 Å². The molecular formula is C39H45N5O5. The molecule has 0 bridgehead atoms. The van der Waals surface area contributed by atoms with Crippen molar-refractivity contribution >= 4 is 29.3 Å². The summed E-state index contributed by atoms with van der Waals surface area (Å²) in [4.78, 5) is 42.4. The number of nitrogens with one attached hydrogen (secondary N) is 3. The van der Waals surface area contributed by atoms with Crippen LogP contribution < -0.4 is 16.0 Å². The molecule has 3 amide bonds. The summed E-state index contributed by atoms with van der Waals surface area (Å²) in [6, 6.07) is 31.7. The number of benzene rings is 4. The van der Waals surface area contributed by atoms with Crippen LogP contribution in [0.1, 0.15) is 35.2 Å². The summed E-state index contributed by atoms with van der Waals surface area (Å²) in [6.45, 7) is 4.06. The van der Waals surface area contributed by atoms with Crippen molar-refractivity contribution in [1.82, 2.24) is 15.1 Å². The zero-order valence-electron chi connectivity index (χ0n) is 27.9. The lowest BCUT2D eigenvalue weighted by molar-refractivity contribution is -0.116. The van der Waals surface area contributed by atoms with Gasteiger partial charge in [-0.05, 0) is 73.3 Å². The van der Waals surface area contributed by atoms with Crippen LogP contribution in [0, 0.1) is 0 Å². The first-order valence-electron chi connectivity index (χ1n) is 16.8. The van der Waals surface area contributed by atoms with Gasteiger partial charge in [-0.3, -0.25) is 14.9 Å². The molecule has 0 spiro atoms. The van der Waals surface area contributed by atoms with Crippen LogP contribution in [0.4, 0.5) is 16.2 Å². The molecule has 4 N–H and O–H groups in total. The van der Waals surface area contributed by atoms with Gasteiger partial charge < -0.3 is 30.3 Å². The van der Waals surface area contributed by atoms with Gasteiger partial charge in [0, 0.05) is 63.0 Å². The van der Waals surface area contributed by atoms with E-state index in [2.05, 4.69) is 20.9 Å². The van der Waals surface area contributed by atoms with Crippen LogP contribution in [0.15, 0.2) is 103 Å². The number of piperidine rings is 1. The molecule has 0 radical (unpaired) electrons. The molecule has 1 fully saturated rings. The van der Waals surface area contributed by atoms with E-state index in [1.807, 2.05) is 66.7 Å². The van der Waals surface area contributed by atoms with Crippen molar-refractivity contribution in [2.75, 3.05) is 56.9 Å². The number of nitrogens with zero attached hydrogens (tertiary/aromatic N) is 2. The number of likely N-dealkylation sites (N-methyl/N-ethyl adjacent to an activating group) is 1. The van der Waals surface area contributed by atoms with Gasteiger partial charge in [-0.25, -0.2) is 4.79 Å². The summed E-state index contributed by atoms with van der Waals surface area (Å²) in [6.07, 6.45) is 1.93. The largest absolute Gasteiger partial charge is 0.508 e. The topological polar surface area (TPSA) is 123 Å². The number of carbonyl (C=O) groups excluding carboxylic acids is 3. The minimum absolute atomic E-state index is 0.113. The number of ether oxygens (including phenoxy) is 1. The van der Waals surface area contributed by atoms with Gasteiger partial charge in [0.15, 0.2) is 0 Å². The van der Waals surface area contributed by atoms with Gasteiger partial charge in [0.1, 0.15) is 11.9 Å². The molecule has 4 aromatic rings. The number of hydrogen-bond donors (Lipinski definition) is 4. The number of likely N-dealkylation sites (tertiary alicyclic amines) is 1. The van der Waals surface area contributed by atoms with E-state index in [-0.39, 0.29) is 23.7 Å². The standard InChI is InChI=1S/C39H45N5O5/c1-43(38(47)31-10-7-11-32(28-31)41-37(46)19-23-40-22-18-29-14-16-33(45)17-15-29)26-27-44-24-20-34(21-25-44)49-39(48)42-36-13-6-5-12-35(36)30-8-3-2-4-9-30/h2-17,28,34,40,45H,18-27H2,1H3,(H,41,46)(H,42,48). The van der Waals surface area contributed by atoms with Crippen LogP contribution in [0.5, 0.6) is 5.75 Å². The molecule has 1 aliphatic heterocycles. The normalized spacial score (nSPS) is 13.4. The number of hydrogen-bond acceptors (Lipinski definition) is 7. The fourth-order valence-electron chi connectivity index (χ4n) is 5.79. The number of phenols is 1. The minimum atomic E-state index is -0.454. The maximum atomic E-state index is 13.2. The maximum absolute atomic E-state index is 13.2. The zero-order valence-corrected chi connectivity index (χ0v) is 27.9. The van der Waals surface area contributed by atoms with Crippen LogP contribution in [0.25, 0.3) is 11.1 Å². The molecule has 10 nitrogen and oxygen atoms in total. The molecule has 4 aromatic carbocycles. The van der Waals surface area contributed by atoms with E-state index in [0.29, 0.717) is 43.0 Å². The third-order valence-corrected chi connectivity index (χ3v) is 8.60. The van der Waals surface area contributed by atoms with Crippen LogP contribution in [-0.2, 0) is 16.0 Å². The lowest BCUT2D eigenvalue weighted by atomic mass is 10.0. The number of carbonyl (C=O) groups is 3. The average molecular weight is 664 g/mol. The molecule has 1 saturated heterocycles. The summed E-state index contributed by atoms with van der Waals surface area (Å²) in [5, 5.41) is 18.5. The van der Waals surface area contributed by atoms with E-state index in [0.717, 1.165) is 55.6 Å². The Kier molecular flexibility index (Phi) is 12.8. The van der Waals surface area contributed by atoms with Gasteiger partial charge >= 0.3 is 6.09 Å². The third kappa shape index (κ3) is 10.9. The van der Waals surface area contributed by atoms with Gasteiger partial charge in [-0.1, -0.05) is 66.7 Å². The number of anilines is 2. The molecular weight excluding hydrogens is 618 g/mol. The summed E-state index contributed by atoms with van der Waals surface area (Å²) in [7, 11) is 1.78. The van der Waals surface area contributed by atoms with Gasteiger partial charge in [-0.2, -0.15) is 0 Å². The SMILES string of the molecule is CN(CCN1CCC(OC(=O)Nc2ccccc2-c2ccccc2)CC1)C(=O)c1cccc(NC(=O)CCNCCc2ccc(O)cc2)c1. The Bertz CT molecular complexity index is 1670. The lowest BCUT2D eigenvalue weighted by Gasteiger charge is -2.32. The van der Waals surface area contributed by atoms with Crippen LogP contribution >= 0.6 is 0 Å². The van der Waals surface area contributed by atoms with E-state index in [1.54, 1.807) is 48.3 Å². The second kappa shape index (κ2) is 17.8. The molecule has 0 saturated carbocycles. The van der Waals surface area contributed by atoms with Crippen molar-refractivity contribution in [1.29, 1.82) is 0 Å². The van der Waals surface area contributed by atoms with Crippen molar-refractivity contribution < 1.29 is 24.2 Å². The van der Waals surface area contributed by atoms with E-state index < -0.39 is 6.09 Å². The Morgan fingerprint density at radius 3 is 2.37 bits per heavy atom. The number of rotatable bonds is 14. The molecule has 0 aliphatic carbocycles. The zero-order chi connectivity index (χ0) is 34.4. The summed E-state index contributed by atoms with van der Waals surface area (Å²) in [5.74, 6) is 0.00460. The lowest BCUT2D eigenvalue weighted by Crippen LogP contribution is -2.42. The van der Waals surface area contributed by atoms with Crippen LogP contribution in [-0.4, -0.2) is 85.2 Å². The number of para-hydroxylation sites is 1. The monoisotopic (exact) mass is 663 g/mol. The molecule has 0 atom stereocenters. The first-order valence-corrected chi connectivity index (χ1v) is 16.8. The predicted molar refractivity (Wildman–Crippen MR) is 193 cm³/mol. The minimum Gasteiger partial charge on any atom is -0.508 e. The Balaban J connectivity index is 0.986. The molecule has 256 valence electrons. The second-order valence-electron chi connectivity index (χ2n) is 12.3. The Labute approximate surface area is 288 Å². The van der Waals surface area contributed by atoms with Gasteiger partial charge in [0.25, 0.3) is 5.91 Å². The highest BCUT2D eigenvalue weighted by Crippen LogP contribution is 2.28. The molecule has 1 aliphatic rings. The molecule has 0 unspecified atom stereocenters. The molecule has 0 aromatic heterocycles. The average Bonchev–Trinajstić information content (AvgIpc) is 3.12. The van der Waals surface area contributed by atoms with Crippen molar-refractivity contribution in [3.63, 3.8) is 0 Å². The third-order valence-electron chi connectivity index (χ3n) is 8.60. The maximum Gasteiger partial charge on any atom is 0.411 e. The number of amides is 3. The van der Waals surface area contributed by atoms with Gasteiger partial charge in [-0.15, -0.1) is 0 Å². The van der Waals surface area contributed by atoms with Crippen molar-refractivity contribution in [3.8, 4) is 16.9 Å². The molecule has 1 heterocycles. The summed E-state index contributed by atoms with van der Waals surface area (Å²) >= 11 is 0. The van der Waals surface area contributed by atoms with Crippen molar-refractivity contribution in [2.24, 2.45) is 0 Å². The summed E-state index contributed by atoms with van der Waals surface area (Å²) < 4.78 is 5.77. The molecule has 49 heavy (non-hydrogen) atoms. The second-order valence-corrected chi connectivity index (χ2v) is 12.3.